The molecule has 1 amide bonds. The molecule has 0 unspecified atom stereocenters. The third-order valence-electron chi connectivity index (χ3n) is 2.70. The molecule has 0 fully saturated rings. The summed E-state index contributed by atoms with van der Waals surface area (Å²) < 4.78 is 36.7. The van der Waals surface area contributed by atoms with Gasteiger partial charge in [-0.15, -0.1) is 0 Å². The number of alkyl halides is 3. The van der Waals surface area contributed by atoms with Crippen LogP contribution in [0.1, 0.15) is 20.7 Å². The molecule has 0 aliphatic rings. The van der Waals surface area contributed by atoms with Crippen molar-refractivity contribution in [3.05, 3.63) is 65.7 Å². The lowest BCUT2D eigenvalue weighted by atomic mass is 10.1. The fourth-order valence-corrected chi connectivity index (χ4v) is 1.66. The normalized spacial score (nSPS) is 11.0. The molecule has 0 atom stereocenters. The highest BCUT2D eigenvalue weighted by Gasteiger charge is 2.39. The van der Waals surface area contributed by atoms with E-state index in [-0.39, 0.29) is 5.91 Å². The fourth-order valence-electron chi connectivity index (χ4n) is 1.66. The monoisotopic (exact) mass is 293 g/mol. The molecule has 1 N–H and O–H groups in total. The van der Waals surface area contributed by atoms with Gasteiger partial charge in [-0.05, 0) is 36.4 Å². The maximum absolute atomic E-state index is 12.2. The van der Waals surface area contributed by atoms with Gasteiger partial charge in [0.1, 0.15) is 0 Å². The first-order chi connectivity index (χ1) is 9.88. The van der Waals surface area contributed by atoms with Gasteiger partial charge in [0.2, 0.25) is 0 Å². The number of amides is 1. The second-order valence-corrected chi connectivity index (χ2v) is 4.22. The number of rotatable bonds is 3. The van der Waals surface area contributed by atoms with E-state index in [0.717, 1.165) is 12.1 Å². The van der Waals surface area contributed by atoms with Crippen molar-refractivity contribution in [3.8, 4) is 0 Å². The Kier molecular flexibility index (Phi) is 4.07. The Balaban J connectivity index is 2.10. The van der Waals surface area contributed by atoms with E-state index in [0.29, 0.717) is 11.3 Å². The number of Topliss-reactive ketones (excluding diaryl/α,β-unsaturated/α-hetero) is 1. The van der Waals surface area contributed by atoms with Crippen LogP contribution in [-0.4, -0.2) is 17.9 Å². The van der Waals surface area contributed by atoms with Gasteiger partial charge < -0.3 is 5.32 Å². The molecule has 0 saturated carbocycles. The average molecular weight is 293 g/mol. The van der Waals surface area contributed by atoms with Gasteiger partial charge in [-0.25, -0.2) is 0 Å². The summed E-state index contributed by atoms with van der Waals surface area (Å²) in [5, 5.41) is 2.53. The molecule has 2 aromatic rings. The Labute approximate surface area is 118 Å². The van der Waals surface area contributed by atoms with Crippen molar-refractivity contribution in [1.29, 1.82) is 0 Å². The standard InChI is InChI=1S/C15H10F3NO2/c16-15(17,18)13(20)10-6-8-12(9-7-10)19-14(21)11-4-2-1-3-5-11/h1-9H,(H,19,21). The lowest BCUT2D eigenvalue weighted by molar-refractivity contribution is -0.0885. The highest BCUT2D eigenvalue weighted by atomic mass is 19.4. The minimum Gasteiger partial charge on any atom is -0.322 e. The van der Waals surface area contributed by atoms with Gasteiger partial charge in [-0.3, -0.25) is 9.59 Å². The second kappa shape index (κ2) is 5.78. The molecule has 108 valence electrons. The summed E-state index contributed by atoms with van der Waals surface area (Å²) in [7, 11) is 0. The Bertz CT molecular complexity index is 649. The van der Waals surface area contributed by atoms with Crippen molar-refractivity contribution in [2.75, 3.05) is 5.32 Å². The molecular weight excluding hydrogens is 283 g/mol. The highest BCUT2D eigenvalue weighted by molar-refractivity contribution is 6.05. The summed E-state index contributed by atoms with van der Waals surface area (Å²) in [6.45, 7) is 0. The third kappa shape index (κ3) is 3.68. The van der Waals surface area contributed by atoms with E-state index in [1.165, 1.54) is 12.1 Å². The molecule has 0 spiro atoms. The zero-order valence-electron chi connectivity index (χ0n) is 10.6. The van der Waals surface area contributed by atoms with Crippen LogP contribution >= 0.6 is 0 Å². The molecule has 21 heavy (non-hydrogen) atoms. The van der Waals surface area contributed by atoms with E-state index in [1.807, 2.05) is 0 Å². The summed E-state index contributed by atoms with van der Waals surface area (Å²) in [5.41, 5.74) is 0.260. The first-order valence-corrected chi connectivity index (χ1v) is 5.96. The topological polar surface area (TPSA) is 46.2 Å². The van der Waals surface area contributed by atoms with Gasteiger partial charge in [-0.1, -0.05) is 18.2 Å². The van der Waals surface area contributed by atoms with Crippen molar-refractivity contribution in [2.24, 2.45) is 0 Å². The average Bonchev–Trinajstić information content (AvgIpc) is 2.47. The second-order valence-electron chi connectivity index (χ2n) is 4.22. The predicted octanol–water partition coefficient (Wildman–Crippen LogP) is 3.68. The zero-order valence-corrected chi connectivity index (χ0v) is 10.6. The number of halogens is 3. The molecule has 0 aliphatic carbocycles. The fraction of sp³-hybridized carbons (Fsp3) is 0.0667. The minimum absolute atomic E-state index is 0.308. The summed E-state index contributed by atoms with van der Waals surface area (Å²) in [6.07, 6.45) is -4.91. The van der Waals surface area contributed by atoms with Crippen LogP contribution < -0.4 is 5.32 Å². The zero-order chi connectivity index (χ0) is 15.5. The van der Waals surface area contributed by atoms with Gasteiger partial charge in [0.25, 0.3) is 11.7 Å². The van der Waals surface area contributed by atoms with Crippen molar-refractivity contribution in [2.45, 2.75) is 6.18 Å². The number of ketones is 1. The molecule has 2 aromatic carbocycles. The number of carbonyl (C=O) groups is 2. The van der Waals surface area contributed by atoms with E-state index in [4.69, 9.17) is 0 Å². The molecule has 0 aliphatic heterocycles. The maximum atomic E-state index is 12.2. The van der Waals surface area contributed by atoms with Crippen molar-refractivity contribution in [1.82, 2.24) is 0 Å². The summed E-state index contributed by atoms with van der Waals surface area (Å²) >= 11 is 0. The van der Waals surface area contributed by atoms with Crippen LogP contribution in [0, 0.1) is 0 Å². The van der Waals surface area contributed by atoms with Crippen LogP contribution in [0.25, 0.3) is 0 Å². The van der Waals surface area contributed by atoms with Gasteiger partial charge in [-0.2, -0.15) is 13.2 Å². The maximum Gasteiger partial charge on any atom is 0.454 e. The summed E-state index contributed by atoms with van der Waals surface area (Å²) in [6, 6.07) is 12.9. The summed E-state index contributed by atoms with van der Waals surface area (Å²) in [4.78, 5) is 22.8. The molecule has 0 aromatic heterocycles. The quantitative estimate of drug-likeness (QED) is 0.877. The Morgan fingerprint density at radius 2 is 1.38 bits per heavy atom. The molecule has 3 nitrogen and oxygen atoms in total. The molecule has 0 radical (unpaired) electrons. The lowest BCUT2D eigenvalue weighted by Crippen LogP contribution is -2.22. The number of benzene rings is 2. The lowest BCUT2D eigenvalue weighted by Gasteiger charge is -2.07. The van der Waals surface area contributed by atoms with Gasteiger partial charge >= 0.3 is 6.18 Å². The highest BCUT2D eigenvalue weighted by Crippen LogP contribution is 2.22. The van der Waals surface area contributed by atoms with Crippen LogP contribution in [0.15, 0.2) is 54.6 Å². The molecular formula is C15H10F3NO2. The molecule has 0 saturated heterocycles. The Morgan fingerprint density at radius 3 is 1.90 bits per heavy atom. The largest absolute Gasteiger partial charge is 0.454 e. The Hall–Kier alpha value is -2.63. The molecule has 2 rings (SSSR count). The minimum atomic E-state index is -4.91. The van der Waals surface area contributed by atoms with E-state index >= 15 is 0 Å². The number of hydrogen-bond donors (Lipinski definition) is 1. The number of hydrogen-bond acceptors (Lipinski definition) is 2. The van der Waals surface area contributed by atoms with E-state index < -0.39 is 17.5 Å². The van der Waals surface area contributed by atoms with Crippen LogP contribution in [-0.2, 0) is 0 Å². The number of nitrogens with one attached hydrogen (secondary N) is 1. The summed E-state index contributed by atoms with van der Waals surface area (Å²) in [5.74, 6) is -2.30. The van der Waals surface area contributed by atoms with Crippen LogP contribution in [0.2, 0.25) is 0 Å². The van der Waals surface area contributed by atoms with Gasteiger partial charge in [0, 0.05) is 16.8 Å². The number of anilines is 1. The van der Waals surface area contributed by atoms with Crippen molar-refractivity contribution < 1.29 is 22.8 Å². The van der Waals surface area contributed by atoms with Crippen LogP contribution in [0.4, 0.5) is 18.9 Å². The molecule has 0 bridgehead atoms. The van der Waals surface area contributed by atoms with Crippen molar-refractivity contribution in [3.63, 3.8) is 0 Å². The Morgan fingerprint density at radius 1 is 0.810 bits per heavy atom. The van der Waals surface area contributed by atoms with E-state index in [2.05, 4.69) is 5.32 Å². The van der Waals surface area contributed by atoms with E-state index in [1.54, 1.807) is 30.3 Å². The third-order valence-corrected chi connectivity index (χ3v) is 2.70. The van der Waals surface area contributed by atoms with Gasteiger partial charge in [0.15, 0.2) is 0 Å². The number of carbonyl (C=O) groups excluding carboxylic acids is 2. The van der Waals surface area contributed by atoms with Crippen LogP contribution in [0.5, 0.6) is 0 Å². The molecule has 6 heteroatoms. The first-order valence-electron chi connectivity index (χ1n) is 5.96. The SMILES string of the molecule is O=C(Nc1ccc(C(=O)C(F)(F)F)cc1)c1ccccc1. The molecule has 0 heterocycles. The van der Waals surface area contributed by atoms with Crippen LogP contribution in [0.3, 0.4) is 0 Å². The van der Waals surface area contributed by atoms with Crippen molar-refractivity contribution >= 4 is 17.4 Å². The smallest absolute Gasteiger partial charge is 0.322 e. The van der Waals surface area contributed by atoms with Gasteiger partial charge in [0.05, 0.1) is 0 Å². The van der Waals surface area contributed by atoms with E-state index in [9.17, 15) is 22.8 Å². The predicted molar refractivity (Wildman–Crippen MR) is 71.2 cm³/mol. The first kappa shape index (κ1) is 14.8.